The molecule has 5 nitrogen and oxygen atoms in total. The predicted molar refractivity (Wildman–Crippen MR) is 137 cm³/mol. The summed E-state index contributed by atoms with van der Waals surface area (Å²) < 4.78 is 17.0. The first kappa shape index (κ1) is 25.0. The van der Waals surface area contributed by atoms with Crippen molar-refractivity contribution in [3.05, 3.63) is 84.4 Å². The summed E-state index contributed by atoms with van der Waals surface area (Å²) in [5.41, 5.74) is 10.8. The Bertz CT molecular complexity index is 1080. The second-order valence-corrected chi connectivity index (χ2v) is 9.60. The lowest BCUT2D eigenvalue weighted by Gasteiger charge is -2.32. The van der Waals surface area contributed by atoms with Crippen LogP contribution in [0, 0.1) is 11.9 Å². The maximum absolute atomic E-state index is 12.9. The molecule has 0 radical (unpaired) electrons. The van der Waals surface area contributed by atoms with Crippen molar-refractivity contribution in [3.63, 3.8) is 0 Å². The third-order valence-corrected chi connectivity index (χ3v) is 6.67. The molecule has 35 heavy (non-hydrogen) atoms. The van der Waals surface area contributed by atoms with Gasteiger partial charge in [0.15, 0.2) is 0 Å². The van der Waals surface area contributed by atoms with Gasteiger partial charge in [0.2, 0.25) is 11.9 Å². The van der Waals surface area contributed by atoms with Crippen LogP contribution in [-0.2, 0) is 16.1 Å². The number of carbonyl (C=O) groups excluding carboxylic acids is 1. The quantitative estimate of drug-likeness (QED) is 0.443. The molecule has 6 heteroatoms. The molecule has 3 aromatic rings. The van der Waals surface area contributed by atoms with Gasteiger partial charge >= 0.3 is 0 Å². The van der Waals surface area contributed by atoms with Crippen LogP contribution in [0.25, 0.3) is 11.1 Å². The number of anilines is 1. The number of benzene rings is 2. The van der Waals surface area contributed by atoms with Crippen molar-refractivity contribution in [3.8, 4) is 11.1 Å². The smallest absolute Gasteiger partial charge is 0.230 e. The molecule has 184 valence electrons. The highest BCUT2D eigenvalue weighted by Crippen LogP contribution is 2.36. The van der Waals surface area contributed by atoms with Gasteiger partial charge < -0.3 is 15.4 Å². The summed E-state index contributed by atoms with van der Waals surface area (Å²) in [5.74, 6) is 0.00824. The third kappa shape index (κ3) is 6.96. The SMILES string of the molecule is COCc1ccc(-c2ccc(N(CC3(N)CCCC3)C(=O)C3CC3)cc2)cc1.Fc1ccccn1. The number of ether oxygens (including phenoxy) is 1. The fraction of sp³-hybridized carbons (Fsp3) is 0.379. The zero-order chi connectivity index (χ0) is 24.7. The van der Waals surface area contributed by atoms with E-state index >= 15 is 0 Å². The predicted octanol–water partition coefficient (Wildman–Crippen LogP) is 5.74. The second kappa shape index (κ2) is 11.6. The number of carbonyl (C=O) groups is 1. The molecule has 0 spiro atoms. The van der Waals surface area contributed by atoms with Crippen molar-refractivity contribution < 1.29 is 13.9 Å². The van der Waals surface area contributed by atoms with Crippen LogP contribution in [0.2, 0.25) is 0 Å². The number of nitrogens with zero attached hydrogens (tertiary/aromatic N) is 2. The molecule has 0 saturated heterocycles. The van der Waals surface area contributed by atoms with Crippen molar-refractivity contribution in [1.82, 2.24) is 4.98 Å². The molecular formula is C29H34FN3O2. The molecule has 1 aromatic heterocycles. The molecule has 2 saturated carbocycles. The van der Waals surface area contributed by atoms with E-state index in [2.05, 4.69) is 53.5 Å². The molecule has 1 amide bonds. The normalized spacial score (nSPS) is 16.3. The van der Waals surface area contributed by atoms with Gasteiger partial charge in [0.25, 0.3) is 0 Å². The molecule has 1 heterocycles. The topological polar surface area (TPSA) is 68.5 Å². The van der Waals surface area contributed by atoms with Crippen LogP contribution in [0.15, 0.2) is 72.9 Å². The lowest BCUT2D eigenvalue weighted by molar-refractivity contribution is -0.120. The molecule has 2 fully saturated rings. The number of methoxy groups -OCH3 is 1. The molecule has 5 rings (SSSR count). The summed E-state index contributed by atoms with van der Waals surface area (Å²) in [6.45, 7) is 1.26. The van der Waals surface area contributed by atoms with Gasteiger partial charge in [-0.25, -0.2) is 4.98 Å². The van der Waals surface area contributed by atoms with Gasteiger partial charge in [0.05, 0.1) is 6.61 Å². The van der Waals surface area contributed by atoms with E-state index in [0.717, 1.165) is 48.1 Å². The number of rotatable bonds is 7. The van der Waals surface area contributed by atoms with Crippen molar-refractivity contribution >= 4 is 11.6 Å². The summed E-state index contributed by atoms with van der Waals surface area (Å²) in [6.07, 6.45) is 7.79. The first-order valence-electron chi connectivity index (χ1n) is 12.3. The number of halogens is 1. The Labute approximate surface area is 207 Å². The van der Waals surface area contributed by atoms with Gasteiger partial charge in [0, 0.05) is 37.0 Å². The molecular weight excluding hydrogens is 441 g/mol. The second-order valence-electron chi connectivity index (χ2n) is 9.60. The highest BCUT2D eigenvalue weighted by molar-refractivity contribution is 5.96. The standard InChI is InChI=1S/C24H30N2O2.C5H4FN/c1-28-16-18-4-6-19(7-5-18)20-10-12-22(13-11-20)26(23(27)21-8-9-21)17-24(25)14-2-3-15-24;6-5-3-1-2-4-7-5/h4-7,10-13,21H,2-3,8-9,14-17,25H2,1H3;1-4H. The lowest BCUT2D eigenvalue weighted by atomic mass is 9.97. The van der Waals surface area contributed by atoms with E-state index in [1.165, 1.54) is 25.1 Å². The molecule has 0 bridgehead atoms. The Balaban J connectivity index is 0.000000356. The molecule has 2 N–H and O–H groups in total. The van der Waals surface area contributed by atoms with E-state index in [0.29, 0.717) is 13.2 Å². The Hall–Kier alpha value is -3.09. The Morgan fingerprint density at radius 1 is 1.03 bits per heavy atom. The summed E-state index contributed by atoms with van der Waals surface area (Å²) in [5, 5.41) is 0. The maximum atomic E-state index is 12.9. The van der Waals surface area contributed by atoms with E-state index in [-0.39, 0.29) is 17.4 Å². The fourth-order valence-electron chi connectivity index (χ4n) is 4.54. The molecule has 2 aliphatic rings. The van der Waals surface area contributed by atoms with E-state index in [1.807, 2.05) is 4.90 Å². The minimum Gasteiger partial charge on any atom is -0.380 e. The average Bonchev–Trinajstić information content (AvgIpc) is 3.65. The highest BCUT2D eigenvalue weighted by Gasteiger charge is 2.38. The summed E-state index contributed by atoms with van der Waals surface area (Å²) in [7, 11) is 1.71. The van der Waals surface area contributed by atoms with Gasteiger partial charge in [-0.15, -0.1) is 0 Å². The van der Waals surface area contributed by atoms with Crippen LogP contribution in [-0.4, -0.2) is 30.1 Å². The minimum atomic E-state index is -0.428. The van der Waals surface area contributed by atoms with Crippen molar-refractivity contribution in [1.29, 1.82) is 0 Å². The maximum Gasteiger partial charge on any atom is 0.230 e. The first-order chi connectivity index (χ1) is 17.0. The Morgan fingerprint density at radius 3 is 2.14 bits per heavy atom. The van der Waals surface area contributed by atoms with E-state index < -0.39 is 5.95 Å². The van der Waals surface area contributed by atoms with E-state index in [4.69, 9.17) is 10.5 Å². The fourth-order valence-corrected chi connectivity index (χ4v) is 4.54. The van der Waals surface area contributed by atoms with Crippen LogP contribution < -0.4 is 10.6 Å². The zero-order valence-electron chi connectivity index (χ0n) is 20.3. The van der Waals surface area contributed by atoms with E-state index in [1.54, 1.807) is 19.2 Å². The molecule has 0 aliphatic heterocycles. The van der Waals surface area contributed by atoms with Crippen molar-refractivity contribution in [2.75, 3.05) is 18.6 Å². The number of amides is 1. The lowest BCUT2D eigenvalue weighted by Crippen LogP contribution is -2.50. The molecule has 0 unspecified atom stereocenters. The van der Waals surface area contributed by atoms with Gasteiger partial charge in [0.1, 0.15) is 0 Å². The zero-order valence-corrected chi connectivity index (χ0v) is 20.3. The minimum absolute atomic E-state index is 0.193. The number of hydrogen-bond acceptors (Lipinski definition) is 4. The first-order valence-corrected chi connectivity index (χ1v) is 12.3. The molecule has 2 aromatic carbocycles. The van der Waals surface area contributed by atoms with Crippen LogP contribution in [0.3, 0.4) is 0 Å². The summed E-state index contributed by atoms with van der Waals surface area (Å²) in [4.78, 5) is 18.2. The summed E-state index contributed by atoms with van der Waals surface area (Å²) >= 11 is 0. The number of pyridine rings is 1. The molecule has 2 aliphatic carbocycles. The Kier molecular flexibility index (Phi) is 8.26. The monoisotopic (exact) mass is 475 g/mol. The number of nitrogens with two attached hydrogens (primary N) is 1. The van der Waals surface area contributed by atoms with Gasteiger partial charge in [-0.2, -0.15) is 4.39 Å². The molecule has 0 atom stereocenters. The van der Waals surface area contributed by atoms with E-state index in [9.17, 15) is 9.18 Å². The Morgan fingerprint density at radius 2 is 1.66 bits per heavy atom. The van der Waals surface area contributed by atoms with Gasteiger partial charge in [-0.3, -0.25) is 4.79 Å². The van der Waals surface area contributed by atoms with Crippen LogP contribution in [0.5, 0.6) is 0 Å². The van der Waals surface area contributed by atoms with Crippen LogP contribution >= 0.6 is 0 Å². The highest BCUT2D eigenvalue weighted by atomic mass is 19.1. The van der Waals surface area contributed by atoms with Gasteiger partial charge in [-0.1, -0.05) is 55.3 Å². The van der Waals surface area contributed by atoms with Crippen molar-refractivity contribution in [2.45, 2.75) is 50.7 Å². The summed E-state index contributed by atoms with van der Waals surface area (Å²) in [6, 6.07) is 21.3. The van der Waals surface area contributed by atoms with Crippen LogP contribution in [0.4, 0.5) is 10.1 Å². The van der Waals surface area contributed by atoms with Crippen LogP contribution in [0.1, 0.15) is 44.1 Å². The number of aromatic nitrogens is 1. The van der Waals surface area contributed by atoms with Crippen molar-refractivity contribution in [2.24, 2.45) is 11.7 Å². The third-order valence-electron chi connectivity index (χ3n) is 6.67. The largest absolute Gasteiger partial charge is 0.380 e. The number of hydrogen-bond donors (Lipinski definition) is 1. The van der Waals surface area contributed by atoms with Gasteiger partial charge in [-0.05, 0) is 66.6 Å². The average molecular weight is 476 g/mol.